The molecule has 1 N–H and O–H groups in total. The van der Waals surface area contributed by atoms with Crippen molar-refractivity contribution in [3.63, 3.8) is 0 Å². The van der Waals surface area contributed by atoms with Gasteiger partial charge in [0.1, 0.15) is 5.75 Å². The van der Waals surface area contributed by atoms with Gasteiger partial charge in [0.2, 0.25) is 0 Å². The Morgan fingerprint density at radius 2 is 2.11 bits per heavy atom. The number of benzene rings is 1. The van der Waals surface area contributed by atoms with E-state index >= 15 is 0 Å². The molecule has 1 heterocycles. The second-order valence-electron chi connectivity index (χ2n) is 6.14. The van der Waals surface area contributed by atoms with Crippen LogP contribution in [0.2, 0.25) is 5.02 Å². The first-order valence-corrected chi connectivity index (χ1v) is 6.98. The minimum Gasteiger partial charge on any atom is -0.493 e. The molecule has 0 saturated heterocycles. The van der Waals surface area contributed by atoms with Crippen molar-refractivity contribution < 1.29 is 4.74 Å². The lowest BCUT2D eigenvalue weighted by atomic mass is 9.92. The van der Waals surface area contributed by atoms with Gasteiger partial charge in [0.15, 0.2) is 0 Å². The lowest BCUT2D eigenvalue weighted by molar-refractivity contribution is 0.349. The Morgan fingerprint density at radius 3 is 2.83 bits per heavy atom. The molecule has 0 spiro atoms. The molecule has 0 aromatic heterocycles. The minimum absolute atomic E-state index is 0.375. The Morgan fingerprint density at radius 1 is 1.33 bits per heavy atom. The molecule has 100 valence electrons. The molecule has 3 heteroatoms. The molecule has 1 aromatic rings. The zero-order valence-electron chi connectivity index (χ0n) is 11.5. The molecule has 2 rings (SSSR count). The normalized spacial score (nSPS) is 14.4. The fourth-order valence-corrected chi connectivity index (χ4v) is 2.43. The van der Waals surface area contributed by atoms with Crippen molar-refractivity contribution >= 4 is 11.6 Å². The maximum atomic E-state index is 6.13. The van der Waals surface area contributed by atoms with Crippen molar-refractivity contribution in [2.75, 3.05) is 13.2 Å². The average molecular weight is 268 g/mol. The molecule has 1 aromatic carbocycles. The summed E-state index contributed by atoms with van der Waals surface area (Å²) in [5.41, 5.74) is 2.80. The quantitative estimate of drug-likeness (QED) is 0.838. The van der Waals surface area contributed by atoms with E-state index in [0.29, 0.717) is 5.41 Å². The van der Waals surface area contributed by atoms with Gasteiger partial charge in [-0.15, -0.1) is 0 Å². The number of hydrogen-bond acceptors (Lipinski definition) is 2. The average Bonchev–Trinajstić information content (AvgIpc) is 2.70. The van der Waals surface area contributed by atoms with Crippen LogP contribution in [-0.2, 0) is 13.0 Å². The number of halogens is 1. The van der Waals surface area contributed by atoms with E-state index in [1.54, 1.807) is 0 Å². The first-order valence-electron chi connectivity index (χ1n) is 6.60. The van der Waals surface area contributed by atoms with Crippen LogP contribution >= 0.6 is 11.6 Å². The van der Waals surface area contributed by atoms with E-state index in [2.05, 4.69) is 26.1 Å². The van der Waals surface area contributed by atoms with E-state index in [4.69, 9.17) is 16.3 Å². The molecular weight excluding hydrogens is 246 g/mol. The third-order valence-corrected chi connectivity index (χ3v) is 3.41. The molecule has 0 atom stereocenters. The first-order chi connectivity index (χ1) is 8.46. The lowest BCUT2D eigenvalue weighted by Gasteiger charge is -2.18. The molecule has 1 aliphatic heterocycles. The highest BCUT2D eigenvalue weighted by molar-refractivity contribution is 6.30. The molecule has 0 saturated carbocycles. The largest absolute Gasteiger partial charge is 0.493 e. The molecule has 2 nitrogen and oxygen atoms in total. The molecule has 0 unspecified atom stereocenters. The Hall–Kier alpha value is -0.730. The van der Waals surface area contributed by atoms with Crippen molar-refractivity contribution in [2.24, 2.45) is 5.41 Å². The van der Waals surface area contributed by atoms with Crippen LogP contribution in [0.4, 0.5) is 0 Å². The zero-order valence-corrected chi connectivity index (χ0v) is 12.2. The van der Waals surface area contributed by atoms with Gasteiger partial charge in [0, 0.05) is 23.6 Å². The van der Waals surface area contributed by atoms with Crippen molar-refractivity contribution in [1.29, 1.82) is 0 Å². The van der Waals surface area contributed by atoms with Crippen LogP contribution in [0, 0.1) is 5.41 Å². The van der Waals surface area contributed by atoms with Gasteiger partial charge >= 0.3 is 0 Å². The topological polar surface area (TPSA) is 21.3 Å². The number of fused-ring (bicyclic) bond motifs is 1. The predicted molar refractivity (Wildman–Crippen MR) is 76.4 cm³/mol. The lowest BCUT2D eigenvalue weighted by Crippen LogP contribution is -2.20. The highest BCUT2D eigenvalue weighted by atomic mass is 35.5. The fourth-order valence-electron chi connectivity index (χ4n) is 2.16. The van der Waals surface area contributed by atoms with E-state index in [1.165, 1.54) is 11.1 Å². The molecule has 0 aliphatic carbocycles. The maximum absolute atomic E-state index is 6.13. The molecule has 1 aliphatic rings. The summed E-state index contributed by atoms with van der Waals surface area (Å²) in [4.78, 5) is 0. The van der Waals surface area contributed by atoms with Crippen molar-refractivity contribution in [2.45, 2.75) is 40.2 Å². The Labute approximate surface area is 115 Å². The smallest absolute Gasteiger partial charge is 0.127 e. The van der Waals surface area contributed by atoms with Crippen LogP contribution in [0.5, 0.6) is 5.75 Å². The second-order valence-corrected chi connectivity index (χ2v) is 6.58. The van der Waals surface area contributed by atoms with Crippen LogP contribution in [-0.4, -0.2) is 13.2 Å². The Kier molecular flexibility index (Phi) is 4.18. The minimum atomic E-state index is 0.375. The van der Waals surface area contributed by atoms with Crippen LogP contribution in [0.25, 0.3) is 0 Å². The van der Waals surface area contributed by atoms with Crippen LogP contribution in [0.3, 0.4) is 0 Å². The number of rotatable bonds is 4. The maximum Gasteiger partial charge on any atom is 0.127 e. The summed E-state index contributed by atoms with van der Waals surface area (Å²) in [6.45, 7) is 9.41. The summed E-state index contributed by atoms with van der Waals surface area (Å²) in [5, 5.41) is 4.29. The van der Waals surface area contributed by atoms with Crippen molar-refractivity contribution in [1.82, 2.24) is 5.32 Å². The second kappa shape index (κ2) is 5.50. The summed E-state index contributed by atoms with van der Waals surface area (Å²) >= 11 is 6.13. The number of hydrogen-bond donors (Lipinski definition) is 1. The summed E-state index contributed by atoms with van der Waals surface area (Å²) < 4.78 is 5.68. The third kappa shape index (κ3) is 3.63. The van der Waals surface area contributed by atoms with Gasteiger partial charge in [-0.1, -0.05) is 32.4 Å². The summed E-state index contributed by atoms with van der Waals surface area (Å²) in [6, 6.07) is 4.03. The van der Waals surface area contributed by atoms with Crippen molar-refractivity contribution in [3.8, 4) is 5.75 Å². The summed E-state index contributed by atoms with van der Waals surface area (Å²) in [7, 11) is 0. The molecule has 0 fully saturated rings. The highest BCUT2D eigenvalue weighted by Gasteiger charge is 2.17. The van der Waals surface area contributed by atoms with Gasteiger partial charge < -0.3 is 10.1 Å². The third-order valence-electron chi connectivity index (χ3n) is 3.19. The highest BCUT2D eigenvalue weighted by Crippen LogP contribution is 2.32. The summed E-state index contributed by atoms with van der Waals surface area (Å²) in [5.74, 6) is 1.04. The predicted octanol–water partition coefficient (Wildman–Crippen LogP) is 3.80. The van der Waals surface area contributed by atoms with Crippen molar-refractivity contribution in [3.05, 3.63) is 28.3 Å². The monoisotopic (exact) mass is 267 g/mol. The summed E-state index contributed by atoms with van der Waals surface area (Å²) in [6.07, 6.45) is 2.14. The van der Waals surface area contributed by atoms with E-state index in [0.717, 1.165) is 43.3 Å². The van der Waals surface area contributed by atoms with E-state index < -0.39 is 0 Å². The molecule has 0 radical (unpaired) electrons. The van der Waals surface area contributed by atoms with Crippen LogP contribution in [0.1, 0.15) is 38.3 Å². The van der Waals surface area contributed by atoms with E-state index in [-0.39, 0.29) is 0 Å². The van der Waals surface area contributed by atoms with E-state index in [9.17, 15) is 0 Å². The van der Waals surface area contributed by atoms with Gasteiger partial charge in [0.05, 0.1) is 6.61 Å². The number of nitrogens with one attached hydrogen (secondary N) is 1. The standard InChI is InChI=1S/C15H22ClNO/c1-15(2,3)5-6-17-10-12-9-13(16)8-11-4-7-18-14(11)12/h8-9,17H,4-7,10H2,1-3H3. The zero-order chi connectivity index (χ0) is 13.2. The Bertz CT molecular complexity index is 423. The molecule has 18 heavy (non-hydrogen) atoms. The molecule has 0 amide bonds. The van der Waals surface area contributed by atoms with Crippen LogP contribution < -0.4 is 10.1 Å². The molecular formula is C15H22ClNO. The van der Waals surface area contributed by atoms with Gasteiger partial charge in [-0.25, -0.2) is 0 Å². The Balaban J connectivity index is 1.94. The number of ether oxygens (including phenoxy) is 1. The van der Waals surface area contributed by atoms with Gasteiger partial charge in [-0.2, -0.15) is 0 Å². The van der Waals surface area contributed by atoms with Gasteiger partial charge in [0.25, 0.3) is 0 Å². The fraction of sp³-hybridized carbons (Fsp3) is 0.600. The molecule has 0 bridgehead atoms. The SMILES string of the molecule is CC(C)(C)CCNCc1cc(Cl)cc2c1OCC2. The van der Waals surface area contributed by atoms with Crippen LogP contribution in [0.15, 0.2) is 12.1 Å². The first kappa shape index (κ1) is 13.7. The van der Waals surface area contributed by atoms with Gasteiger partial charge in [-0.05, 0) is 36.1 Å². The van der Waals surface area contributed by atoms with E-state index in [1.807, 2.05) is 12.1 Å². The van der Waals surface area contributed by atoms with Gasteiger partial charge in [-0.3, -0.25) is 0 Å².